The van der Waals surface area contributed by atoms with Crippen molar-refractivity contribution in [3.05, 3.63) is 40.3 Å². The van der Waals surface area contributed by atoms with Gasteiger partial charge in [-0.15, -0.1) is 4.52 Å². The fourth-order valence-corrected chi connectivity index (χ4v) is 6.19. The molecule has 4 fully saturated rings. The van der Waals surface area contributed by atoms with E-state index in [1.807, 2.05) is 6.07 Å². The number of fused-ring (bicyclic) bond motifs is 2. The standard InChI is InChI=1S/C26H27ClN10O/c1-29-22-10-30-25-24(31-17-4-5-17)33-26(34-37(22)25)32-19-7-15(9-28)8-20(23(19)27)35-11-16-3-2-6-36(21(16)12-35)18-13-38-14-18/h7-8,10,16-18,21H,2-6,11-14H2,(H2,31,32,33,34)/t16-,21+/m0/s1. The maximum absolute atomic E-state index is 9.83. The minimum atomic E-state index is 0.276. The smallest absolute Gasteiger partial charge is 0.275 e. The molecule has 3 aromatic rings. The first-order valence-electron chi connectivity index (χ1n) is 13.1. The molecule has 2 aromatic heterocycles. The molecule has 194 valence electrons. The number of hydrogen-bond donors (Lipinski definition) is 2. The van der Waals surface area contributed by atoms with Gasteiger partial charge >= 0.3 is 0 Å². The molecule has 3 aliphatic heterocycles. The van der Waals surface area contributed by atoms with Gasteiger partial charge in [-0.05, 0) is 50.3 Å². The summed E-state index contributed by atoms with van der Waals surface area (Å²) in [5.41, 5.74) is 2.41. The summed E-state index contributed by atoms with van der Waals surface area (Å²) in [5.74, 6) is 1.70. The van der Waals surface area contributed by atoms with Crippen LogP contribution in [0.15, 0.2) is 18.3 Å². The van der Waals surface area contributed by atoms with Gasteiger partial charge in [0.1, 0.15) is 0 Å². The van der Waals surface area contributed by atoms with Crippen molar-refractivity contribution >= 4 is 46.2 Å². The van der Waals surface area contributed by atoms with Gasteiger partial charge in [-0.3, -0.25) is 4.90 Å². The SMILES string of the molecule is [C-]#[N+]c1cnc2c(NC3CC3)nc(Nc3cc(C#N)cc(N4C[C@@H]5CCCN(C6COC6)[C@@H]5C4)c3Cl)nn12. The van der Waals surface area contributed by atoms with Crippen molar-refractivity contribution in [1.29, 1.82) is 5.26 Å². The van der Waals surface area contributed by atoms with Gasteiger partial charge in [-0.1, -0.05) is 23.3 Å². The van der Waals surface area contributed by atoms with Gasteiger partial charge in [0.15, 0.2) is 5.82 Å². The number of piperidine rings is 1. The van der Waals surface area contributed by atoms with Gasteiger partial charge in [0.2, 0.25) is 0 Å². The summed E-state index contributed by atoms with van der Waals surface area (Å²) >= 11 is 7.01. The average Bonchev–Trinajstić information content (AvgIpc) is 3.43. The van der Waals surface area contributed by atoms with Gasteiger partial charge in [0, 0.05) is 25.2 Å². The van der Waals surface area contributed by atoms with Crippen molar-refractivity contribution in [1.82, 2.24) is 24.5 Å². The molecule has 0 spiro atoms. The molecule has 2 N–H and O–H groups in total. The van der Waals surface area contributed by atoms with Crippen LogP contribution < -0.4 is 15.5 Å². The molecule has 11 nitrogen and oxygen atoms in total. The summed E-state index contributed by atoms with van der Waals surface area (Å²) in [6.07, 6.45) is 6.02. The first kappa shape index (κ1) is 23.5. The highest BCUT2D eigenvalue weighted by Gasteiger charge is 2.43. The molecule has 0 unspecified atom stereocenters. The summed E-state index contributed by atoms with van der Waals surface area (Å²) in [6, 6.07) is 7.19. The van der Waals surface area contributed by atoms with E-state index in [0.29, 0.717) is 57.6 Å². The molecule has 0 bridgehead atoms. The zero-order valence-electron chi connectivity index (χ0n) is 20.8. The summed E-state index contributed by atoms with van der Waals surface area (Å²) in [5, 5.41) is 21.5. The normalized spacial score (nSPS) is 23.5. The first-order chi connectivity index (χ1) is 18.6. The molecule has 2 atom stereocenters. The van der Waals surface area contributed by atoms with E-state index in [1.54, 1.807) is 6.07 Å². The molecule has 3 saturated heterocycles. The van der Waals surface area contributed by atoms with Crippen molar-refractivity contribution in [2.24, 2.45) is 5.92 Å². The van der Waals surface area contributed by atoms with Gasteiger partial charge in [0.05, 0.1) is 53.5 Å². The number of likely N-dealkylation sites (tertiary alicyclic amines) is 1. The molecule has 4 aliphatic rings. The van der Waals surface area contributed by atoms with E-state index < -0.39 is 0 Å². The van der Waals surface area contributed by atoms with Gasteiger partial charge in [-0.25, -0.2) is 4.98 Å². The summed E-state index contributed by atoms with van der Waals surface area (Å²) in [6.45, 7) is 12.0. The predicted octanol–water partition coefficient (Wildman–Crippen LogP) is 3.82. The quantitative estimate of drug-likeness (QED) is 0.459. The molecule has 5 heterocycles. The van der Waals surface area contributed by atoms with Crippen LogP contribution in [0.25, 0.3) is 10.5 Å². The topological polar surface area (TPSA) is 111 Å². The Labute approximate surface area is 225 Å². The summed E-state index contributed by atoms with van der Waals surface area (Å²) in [4.78, 5) is 17.5. The fourth-order valence-electron chi connectivity index (χ4n) is 5.91. The van der Waals surface area contributed by atoms with E-state index in [2.05, 4.69) is 46.4 Å². The molecule has 7 rings (SSSR count). The zero-order chi connectivity index (χ0) is 25.8. The Morgan fingerprint density at radius 2 is 2.08 bits per heavy atom. The second-order valence-corrected chi connectivity index (χ2v) is 10.9. The van der Waals surface area contributed by atoms with E-state index in [1.165, 1.54) is 23.6 Å². The first-order valence-corrected chi connectivity index (χ1v) is 13.5. The average molecular weight is 531 g/mol. The van der Waals surface area contributed by atoms with Gasteiger partial charge in [-0.2, -0.15) is 10.2 Å². The highest BCUT2D eigenvalue weighted by Crippen LogP contribution is 2.41. The van der Waals surface area contributed by atoms with Crippen LogP contribution >= 0.6 is 11.6 Å². The van der Waals surface area contributed by atoms with Crippen LogP contribution in [0, 0.1) is 23.8 Å². The van der Waals surface area contributed by atoms with Crippen molar-refractivity contribution in [3.63, 3.8) is 0 Å². The Morgan fingerprint density at radius 1 is 1.21 bits per heavy atom. The number of anilines is 4. The Hall–Kier alpha value is -3.64. The molecule has 1 aliphatic carbocycles. The van der Waals surface area contributed by atoms with E-state index in [9.17, 15) is 5.26 Å². The highest BCUT2D eigenvalue weighted by molar-refractivity contribution is 6.36. The molecular weight excluding hydrogens is 504 g/mol. The molecule has 1 saturated carbocycles. The van der Waals surface area contributed by atoms with E-state index in [0.717, 1.165) is 51.4 Å². The van der Waals surface area contributed by atoms with Crippen LogP contribution in [0.4, 0.5) is 29.0 Å². The zero-order valence-corrected chi connectivity index (χ0v) is 21.5. The van der Waals surface area contributed by atoms with Crippen molar-refractivity contribution in [3.8, 4) is 6.07 Å². The number of imidazole rings is 1. The number of nitriles is 1. The second kappa shape index (κ2) is 9.28. The highest BCUT2D eigenvalue weighted by atomic mass is 35.5. The second-order valence-electron chi connectivity index (χ2n) is 10.6. The minimum absolute atomic E-state index is 0.276. The Morgan fingerprint density at radius 3 is 2.82 bits per heavy atom. The Balaban J connectivity index is 1.22. The van der Waals surface area contributed by atoms with Gasteiger partial charge in [0.25, 0.3) is 17.4 Å². The number of benzene rings is 1. The summed E-state index contributed by atoms with van der Waals surface area (Å²) in [7, 11) is 0. The molecule has 38 heavy (non-hydrogen) atoms. The van der Waals surface area contributed by atoms with E-state index in [-0.39, 0.29) is 5.95 Å². The van der Waals surface area contributed by atoms with Crippen molar-refractivity contribution in [2.45, 2.75) is 43.8 Å². The van der Waals surface area contributed by atoms with Crippen molar-refractivity contribution < 1.29 is 4.74 Å². The van der Waals surface area contributed by atoms with E-state index >= 15 is 0 Å². The van der Waals surface area contributed by atoms with Crippen LogP contribution in [-0.4, -0.2) is 75.5 Å². The minimum Gasteiger partial charge on any atom is -0.378 e. The largest absolute Gasteiger partial charge is 0.378 e. The van der Waals surface area contributed by atoms with Crippen molar-refractivity contribution in [2.75, 3.05) is 48.4 Å². The molecule has 0 amide bonds. The lowest BCUT2D eigenvalue weighted by Gasteiger charge is -2.45. The Bertz CT molecular complexity index is 1480. The molecular formula is C26H27ClN10O. The number of hydrogen-bond acceptors (Lipinski definition) is 9. The number of nitrogens with one attached hydrogen (secondary N) is 2. The van der Waals surface area contributed by atoms with E-state index in [4.69, 9.17) is 22.9 Å². The number of nitrogens with zero attached hydrogens (tertiary/aromatic N) is 8. The third-order valence-corrected chi connectivity index (χ3v) is 8.46. The van der Waals surface area contributed by atoms with Crippen LogP contribution in [0.5, 0.6) is 0 Å². The summed E-state index contributed by atoms with van der Waals surface area (Å²) < 4.78 is 6.97. The maximum Gasteiger partial charge on any atom is 0.275 e. The number of ether oxygens (including phenoxy) is 1. The number of halogens is 1. The lowest BCUT2D eigenvalue weighted by atomic mass is 9.90. The maximum atomic E-state index is 9.83. The third kappa shape index (κ3) is 4.08. The lowest BCUT2D eigenvalue weighted by Crippen LogP contribution is -2.57. The molecule has 12 heteroatoms. The van der Waals surface area contributed by atoms with Crippen LogP contribution in [0.2, 0.25) is 5.02 Å². The fraction of sp³-hybridized carbons (Fsp3) is 0.500. The van der Waals surface area contributed by atoms with Crippen LogP contribution in [-0.2, 0) is 4.74 Å². The molecule has 1 aromatic carbocycles. The Kier molecular flexibility index (Phi) is 5.73. The number of rotatable bonds is 6. The van der Waals surface area contributed by atoms with Crippen LogP contribution in [0.3, 0.4) is 0 Å². The predicted molar refractivity (Wildman–Crippen MR) is 143 cm³/mol. The monoisotopic (exact) mass is 530 g/mol. The lowest BCUT2D eigenvalue weighted by molar-refractivity contribution is -0.0903. The van der Waals surface area contributed by atoms with Gasteiger partial charge < -0.3 is 25.1 Å². The van der Waals surface area contributed by atoms with Crippen LogP contribution in [0.1, 0.15) is 31.2 Å². The third-order valence-electron chi connectivity index (χ3n) is 8.06. The number of aromatic nitrogens is 4. The molecule has 0 radical (unpaired) electrons.